The Balaban J connectivity index is 1.96. The second-order valence-corrected chi connectivity index (χ2v) is 7.85. The highest BCUT2D eigenvalue weighted by atomic mass is 16.4. The number of amides is 3. The number of hydrogen-bond acceptors (Lipinski definition) is 5. The number of guanidine groups is 1. The third-order valence-electron chi connectivity index (χ3n) is 5.31. The Labute approximate surface area is 192 Å². The number of carbonyl (C=O) groups is 4. The predicted octanol–water partition coefficient (Wildman–Crippen LogP) is -0.303. The minimum atomic E-state index is -1.07. The van der Waals surface area contributed by atoms with E-state index in [0.29, 0.717) is 32.4 Å². The van der Waals surface area contributed by atoms with Gasteiger partial charge in [0, 0.05) is 32.5 Å². The summed E-state index contributed by atoms with van der Waals surface area (Å²) in [5.74, 6) is -2.23. The lowest BCUT2D eigenvalue weighted by Crippen LogP contribution is -2.53. The molecule has 0 unspecified atom stereocenters. The van der Waals surface area contributed by atoms with E-state index in [-0.39, 0.29) is 37.7 Å². The number of hydrogen-bond donors (Lipinski definition) is 5. The molecule has 11 nitrogen and oxygen atoms in total. The van der Waals surface area contributed by atoms with E-state index in [0.717, 1.165) is 5.56 Å². The fourth-order valence-electron chi connectivity index (χ4n) is 3.63. The number of aliphatic imine (C=N–C) groups is 1. The maximum atomic E-state index is 12.9. The van der Waals surface area contributed by atoms with Crippen LogP contribution >= 0.6 is 0 Å². The zero-order valence-electron chi connectivity index (χ0n) is 18.5. The van der Waals surface area contributed by atoms with Crippen molar-refractivity contribution in [2.24, 2.45) is 16.5 Å². The molecular weight excluding hydrogens is 428 g/mol. The van der Waals surface area contributed by atoms with Crippen LogP contribution in [0.15, 0.2) is 35.3 Å². The number of aliphatic carboxylic acids is 1. The molecule has 1 aliphatic heterocycles. The van der Waals surface area contributed by atoms with Crippen LogP contribution in [0.1, 0.15) is 44.1 Å². The molecule has 180 valence electrons. The quantitative estimate of drug-likeness (QED) is 0.161. The Morgan fingerprint density at radius 3 is 2.55 bits per heavy atom. The first-order valence-corrected chi connectivity index (χ1v) is 11.0. The molecule has 7 N–H and O–H groups in total. The number of nitrogens with two attached hydrogens (primary N) is 2. The van der Waals surface area contributed by atoms with Crippen molar-refractivity contribution in [3.8, 4) is 0 Å². The molecule has 1 fully saturated rings. The summed E-state index contributed by atoms with van der Waals surface area (Å²) in [4.78, 5) is 54.6. The van der Waals surface area contributed by atoms with Gasteiger partial charge in [-0.05, 0) is 31.2 Å². The zero-order valence-corrected chi connectivity index (χ0v) is 18.5. The molecule has 11 heteroatoms. The molecule has 0 bridgehead atoms. The van der Waals surface area contributed by atoms with Gasteiger partial charge in [0.2, 0.25) is 17.7 Å². The molecule has 33 heavy (non-hydrogen) atoms. The molecule has 0 aromatic heterocycles. The van der Waals surface area contributed by atoms with E-state index >= 15 is 0 Å². The highest BCUT2D eigenvalue weighted by Gasteiger charge is 2.35. The predicted molar refractivity (Wildman–Crippen MR) is 122 cm³/mol. The Morgan fingerprint density at radius 2 is 1.88 bits per heavy atom. The number of likely N-dealkylation sites (tertiary alicyclic amines) is 1. The van der Waals surface area contributed by atoms with E-state index in [1.54, 1.807) is 0 Å². The fourth-order valence-corrected chi connectivity index (χ4v) is 3.63. The summed E-state index contributed by atoms with van der Waals surface area (Å²) in [5.41, 5.74) is 11.4. The van der Waals surface area contributed by atoms with Crippen LogP contribution < -0.4 is 22.1 Å². The van der Waals surface area contributed by atoms with Gasteiger partial charge in [-0.25, -0.2) is 0 Å². The van der Waals surface area contributed by atoms with Crippen molar-refractivity contribution in [2.75, 3.05) is 13.1 Å². The molecule has 2 rings (SSSR count). The maximum absolute atomic E-state index is 12.9. The molecule has 0 spiro atoms. The van der Waals surface area contributed by atoms with Crippen LogP contribution in [0.25, 0.3) is 0 Å². The van der Waals surface area contributed by atoms with Crippen LogP contribution in [-0.2, 0) is 25.7 Å². The largest absolute Gasteiger partial charge is 0.481 e. The third kappa shape index (κ3) is 8.79. The van der Waals surface area contributed by atoms with Crippen LogP contribution in [0, 0.1) is 0 Å². The molecule has 0 aliphatic carbocycles. The molecule has 0 radical (unpaired) electrons. The average Bonchev–Trinajstić information content (AvgIpc) is 3.28. The number of carboxylic acid groups (broad SMARTS) is 1. The highest BCUT2D eigenvalue weighted by molar-refractivity contribution is 5.92. The third-order valence-corrected chi connectivity index (χ3v) is 5.31. The minimum Gasteiger partial charge on any atom is -0.481 e. The summed E-state index contributed by atoms with van der Waals surface area (Å²) in [5, 5.41) is 14.4. The number of benzene rings is 1. The highest BCUT2D eigenvalue weighted by Crippen LogP contribution is 2.19. The Hall–Kier alpha value is -3.63. The monoisotopic (exact) mass is 460 g/mol. The first-order chi connectivity index (χ1) is 15.8. The Morgan fingerprint density at radius 1 is 1.15 bits per heavy atom. The van der Waals surface area contributed by atoms with Crippen molar-refractivity contribution < 1.29 is 24.3 Å². The zero-order chi connectivity index (χ0) is 24.2. The van der Waals surface area contributed by atoms with Crippen LogP contribution in [-0.4, -0.2) is 64.8 Å². The maximum Gasteiger partial charge on any atom is 0.303 e. The van der Waals surface area contributed by atoms with Gasteiger partial charge < -0.3 is 32.1 Å². The van der Waals surface area contributed by atoms with E-state index in [1.165, 1.54) is 4.90 Å². The number of carbonyl (C=O) groups excluding carboxylic acids is 3. The molecule has 2 atom stereocenters. The standard InChI is InChI=1S/C22H32N6O5/c23-22(24)25-12-4-9-18(29)28-13-5-8-17(28)21(33)27-16(10-11-19(30)31)20(32)26-14-15-6-2-1-3-7-15/h1-3,6-7,16-17H,4-5,8-14H2,(H,26,32)(H,27,33)(H,30,31)(H4,23,24,25)/t16-,17+/m0/s1. The molecular formula is C22H32N6O5. The van der Waals surface area contributed by atoms with Crippen molar-refractivity contribution >= 4 is 29.7 Å². The van der Waals surface area contributed by atoms with Crippen molar-refractivity contribution in [1.29, 1.82) is 0 Å². The van der Waals surface area contributed by atoms with E-state index in [2.05, 4.69) is 15.6 Å². The summed E-state index contributed by atoms with van der Waals surface area (Å²) in [6, 6.07) is 7.52. The first kappa shape index (κ1) is 25.6. The fraction of sp³-hybridized carbons (Fsp3) is 0.500. The number of carboxylic acids is 1. The SMILES string of the molecule is NC(N)=NCCCC(=O)N1CCC[C@@H]1C(=O)N[C@@H](CCC(=O)O)C(=O)NCc1ccccc1. The van der Waals surface area contributed by atoms with Gasteiger partial charge in [0.05, 0.1) is 0 Å². The van der Waals surface area contributed by atoms with Crippen molar-refractivity contribution in [3.63, 3.8) is 0 Å². The number of nitrogens with one attached hydrogen (secondary N) is 2. The summed E-state index contributed by atoms with van der Waals surface area (Å²) < 4.78 is 0. The molecule has 1 heterocycles. The van der Waals surface area contributed by atoms with Crippen LogP contribution in [0.5, 0.6) is 0 Å². The first-order valence-electron chi connectivity index (χ1n) is 11.0. The van der Waals surface area contributed by atoms with Gasteiger partial charge in [0.25, 0.3) is 0 Å². The van der Waals surface area contributed by atoms with Crippen LogP contribution in [0.2, 0.25) is 0 Å². The summed E-state index contributed by atoms with van der Waals surface area (Å²) in [7, 11) is 0. The van der Waals surface area contributed by atoms with Gasteiger partial charge in [0.15, 0.2) is 5.96 Å². The molecule has 1 saturated heterocycles. The second kappa shape index (κ2) is 13.0. The summed E-state index contributed by atoms with van der Waals surface area (Å²) >= 11 is 0. The average molecular weight is 461 g/mol. The Bertz CT molecular complexity index is 856. The van der Waals surface area contributed by atoms with Crippen molar-refractivity contribution in [3.05, 3.63) is 35.9 Å². The van der Waals surface area contributed by atoms with Gasteiger partial charge in [-0.3, -0.25) is 24.2 Å². The normalized spacial score (nSPS) is 16.0. The number of nitrogens with zero attached hydrogens (tertiary/aromatic N) is 2. The van der Waals surface area contributed by atoms with Crippen molar-refractivity contribution in [1.82, 2.24) is 15.5 Å². The van der Waals surface area contributed by atoms with E-state index < -0.39 is 29.9 Å². The topological polar surface area (TPSA) is 180 Å². The van der Waals surface area contributed by atoms with Crippen LogP contribution in [0.4, 0.5) is 0 Å². The molecule has 1 aromatic carbocycles. The number of rotatable bonds is 12. The summed E-state index contributed by atoms with van der Waals surface area (Å²) in [6.07, 6.45) is 1.45. The molecule has 1 aromatic rings. The lowest BCUT2D eigenvalue weighted by Gasteiger charge is -2.26. The minimum absolute atomic E-state index is 0.0428. The summed E-state index contributed by atoms with van der Waals surface area (Å²) in [6.45, 7) is 1.01. The second-order valence-electron chi connectivity index (χ2n) is 7.85. The van der Waals surface area contributed by atoms with Gasteiger partial charge in [-0.15, -0.1) is 0 Å². The molecule has 1 aliphatic rings. The lowest BCUT2D eigenvalue weighted by atomic mass is 10.1. The molecule has 0 saturated carbocycles. The van der Waals surface area contributed by atoms with Gasteiger partial charge in [-0.2, -0.15) is 0 Å². The molecule has 3 amide bonds. The van der Waals surface area contributed by atoms with E-state index in [9.17, 15) is 19.2 Å². The van der Waals surface area contributed by atoms with E-state index in [1.807, 2.05) is 30.3 Å². The van der Waals surface area contributed by atoms with Gasteiger partial charge >= 0.3 is 5.97 Å². The van der Waals surface area contributed by atoms with E-state index in [4.69, 9.17) is 16.6 Å². The van der Waals surface area contributed by atoms with Crippen LogP contribution in [0.3, 0.4) is 0 Å². The lowest BCUT2D eigenvalue weighted by molar-refractivity contribution is -0.140. The smallest absolute Gasteiger partial charge is 0.303 e. The van der Waals surface area contributed by atoms with Gasteiger partial charge in [0.1, 0.15) is 12.1 Å². The van der Waals surface area contributed by atoms with Gasteiger partial charge in [-0.1, -0.05) is 30.3 Å². The Kier molecular flexibility index (Phi) is 10.1. The van der Waals surface area contributed by atoms with Crippen molar-refractivity contribution in [2.45, 2.75) is 57.2 Å².